The lowest BCUT2D eigenvalue weighted by Gasteiger charge is -1.94. The van der Waals surface area contributed by atoms with Gasteiger partial charge in [0.1, 0.15) is 0 Å². The molecule has 9 heavy (non-hydrogen) atoms. The highest BCUT2D eigenvalue weighted by molar-refractivity contribution is 9.10. The van der Waals surface area contributed by atoms with Gasteiger partial charge in [-0.05, 0) is 22.0 Å². The molecule has 0 fully saturated rings. The summed E-state index contributed by atoms with van der Waals surface area (Å²) in [6.45, 7) is 0. The molecule has 0 radical (unpaired) electrons. The maximum Gasteiger partial charge on any atom is 0.0955 e. The van der Waals surface area contributed by atoms with E-state index in [2.05, 4.69) is 31.9 Å². The van der Waals surface area contributed by atoms with Gasteiger partial charge in [-0.1, -0.05) is 15.9 Å². The van der Waals surface area contributed by atoms with E-state index in [0.29, 0.717) is 0 Å². The first-order valence-electron chi connectivity index (χ1n) is 2.34. The van der Waals surface area contributed by atoms with Crippen molar-refractivity contribution in [2.24, 2.45) is 5.73 Å². The molecule has 0 saturated carbocycles. The van der Waals surface area contributed by atoms with E-state index in [9.17, 15) is 0 Å². The number of thiophene rings is 1. The molecule has 0 bridgehead atoms. The Kier molecular flexibility index (Phi) is 2.70. The molecule has 0 spiro atoms. The second kappa shape index (κ2) is 3.14. The predicted molar refractivity (Wildman–Crippen MR) is 47.9 cm³/mol. The molecular weight excluding hydrogens is 266 g/mol. The summed E-state index contributed by atoms with van der Waals surface area (Å²) < 4.78 is 1.09. The maximum absolute atomic E-state index is 5.53. The minimum atomic E-state index is -0.0196. The molecule has 1 nitrogen and oxygen atoms in total. The van der Waals surface area contributed by atoms with Crippen LogP contribution in [0.1, 0.15) is 9.83 Å². The molecule has 1 aromatic rings. The van der Waals surface area contributed by atoms with Crippen molar-refractivity contribution in [3.05, 3.63) is 20.8 Å². The minimum absolute atomic E-state index is 0.0196. The molecule has 0 saturated heterocycles. The van der Waals surface area contributed by atoms with Crippen molar-refractivity contribution in [2.45, 2.75) is 4.95 Å². The summed E-state index contributed by atoms with van der Waals surface area (Å²) in [7, 11) is 0. The SMILES string of the molecule is NC(Br)c1cc(Br)cs1. The summed E-state index contributed by atoms with van der Waals surface area (Å²) in [4.78, 5) is 1.12. The van der Waals surface area contributed by atoms with Gasteiger partial charge < -0.3 is 5.73 Å². The van der Waals surface area contributed by atoms with E-state index in [1.165, 1.54) is 0 Å². The third-order valence-electron chi connectivity index (χ3n) is 0.860. The average Bonchev–Trinajstić information content (AvgIpc) is 2.14. The van der Waals surface area contributed by atoms with Crippen molar-refractivity contribution >= 4 is 43.2 Å². The molecule has 50 valence electrons. The first-order valence-corrected chi connectivity index (χ1v) is 4.92. The minimum Gasteiger partial charge on any atom is -0.314 e. The predicted octanol–water partition coefficient (Wildman–Crippen LogP) is 2.86. The Bertz CT molecular complexity index is 197. The number of rotatable bonds is 1. The van der Waals surface area contributed by atoms with Crippen molar-refractivity contribution in [1.29, 1.82) is 0 Å². The Morgan fingerprint density at radius 3 is 2.56 bits per heavy atom. The van der Waals surface area contributed by atoms with Crippen LogP contribution in [-0.2, 0) is 0 Å². The van der Waals surface area contributed by atoms with E-state index in [-0.39, 0.29) is 4.95 Å². The summed E-state index contributed by atoms with van der Waals surface area (Å²) in [5.74, 6) is 0. The van der Waals surface area contributed by atoms with Crippen molar-refractivity contribution in [3.8, 4) is 0 Å². The zero-order chi connectivity index (χ0) is 6.85. The largest absolute Gasteiger partial charge is 0.314 e. The number of hydrogen-bond acceptors (Lipinski definition) is 2. The van der Waals surface area contributed by atoms with E-state index in [1.807, 2.05) is 11.4 Å². The Hall–Kier alpha value is 0.620. The topological polar surface area (TPSA) is 26.0 Å². The quantitative estimate of drug-likeness (QED) is 0.616. The number of alkyl halides is 1. The fourth-order valence-electron chi connectivity index (χ4n) is 0.473. The molecule has 1 unspecified atom stereocenters. The fraction of sp³-hybridized carbons (Fsp3) is 0.200. The Labute approximate surface area is 74.5 Å². The molecule has 1 aromatic heterocycles. The van der Waals surface area contributed by atoms with Crippen LogP contribution in [0.15, 0.2) is 15.9 Å². The van der Waals surface area contributed by atoms with Gasteiger partial charge in [0, 0.05) is 14.7 Å². The van der Waals surface area contributed by atoms with E-state index >= 15 is 0 Å². The third kappa shape index (κ3) is 2.04. The lowest BCUT2D eigenvalue weighted by molar-refractivity contribution is 1.09. The van der Waals surface area contributed by atoms with Crippen LogP contribution >= 0.6 is 43.2 Å². The molecule has 0 aromatic carbocycles. The molecule has 0 aliphatic carbocycles. The molecule has 4 heteroatoms. The Morgan fingerprint density at radius 1 is 1.67 bits per heavy atom. The van der Waals surface area contributed by atoms with Gasteiger partial charge in [-0.15, -0.1) is 11.3 Å². The first-order chi connectivity index (χ1) is 4.20. The second-order valence-corrected chi connectivity index (χ2v) is 4.41. The molecular formula is C5H5Br2NS. The molecule has 2 N–H and O–H groups in total. The van der Waals surface area contributed by atoms with E-state index < -0.39 is 0 Å². The van der Waals surface area contributed by atoms with Gasteiger partial charge in [-0.3, -0.25) is 0 Å². The van der Waals surface area contributed by atoms with Gasteiger partial charge in [-0.2, -0.15) is 0 Å². The number of hydrogen-bond donors (Lipinski definition) is 1. The highest BCUT2D eigenvalue weighted by Gasteiger charge is 2.02. The number of halogens is 2. The zero-order valence-electron chi connectivity index (χ0n) is 4.47. The highest BCUT2D eigenvalue weighted by atomic mass is 79.9. The van der Waals surface area contributed by atoms with Crippen molar-refractivity contribution in [2.75, 3.05) is 0 Å². The zero-order valence-corrected chi connectivity index (χ0v) is 8.46. The summed E-state index contributed by atoms with van der Waals surface area (Å²) in [6.07, 6.45) is 0. The summed E-state index contributed by atoms with van der Waals surface area (Å²) in [6, 6.07) is 2.00. The molecule has 1 atom stereocenters. The normalized spacial score (nSPS) is 13.7. The highest BCUT2D eigenvalue weighted by Crippen LogP contribution is 2.26. The average molecular weight is 271 g/mol. The van der Waals surface area contributed by atoms with Gasteiger partial charge in [0.05, 0.1) is 4.95 Å². The van der Waals surface area contributed by atoms with Gasteiger partial charge in [-0.25, -0.2) is 0 Å². The molecule has 0 aliphatic rings. The van der Waals surface area contributed by atoms with Crippen LogP contribution in [0.4, 0.5) is 0 Å². The van der Waals surface area contributed by atoms with Crippen LogP contribution in [-0.4, -0.2) is 0 Å². The van der Waals surface area contributed by atoms with Crippen LogP contribution < -0.4 is 5.73 Å². The number of nitrogens with two attached hydrogens (primary N) is 1. The van der Waals surface area contributed by atoms with Crippen LogP contribution in [0.3, 0.4) is 0 Å². The van der Waals surface area contributed by atoms with Gasteiger partial charge in [0.2, 0.25) is 0 Å². The van der Waals surface area contributed by atoms with Crippen molar-refractivity contribution in [1.82, 2.24) is 0 Å². The van der Waals surface area contributed by atoms with Crippen molar-refractivity contribution < 1.29 is 0 Å². The van der Waals surface area contributed by atoms with E-state index in [0.717, 1.165) is 9.35 Å². The standard InChI is InChI=1S/C5H5Br2NS/c6-3-1-4(5(7)8)9-2-3/h1-2,5H,8H2. The van der Waals surface area contributed by atoms with Gasteiger partial charge >= 0.3 is 0 Å². The molecule has 1 rings (SSSR count). The summed E-state index contributed by atoms with van der Waals surface area (Å²) in [5, 5.41) is 2.01. The van der Waals surface area contributed by atoms with Crippen molar-refractivity contribution in [3.63, 3.8) is 0 Å². The first kappa shape index (κ1) is 7.72. The molecule has 1 heterocycles. The van der Waals surface area contributed by atoms with Crippen LogP contribution in [0, 0.1) is 0 Å². The Balaban J connectivity index is 2.85. The molecule has 0 amide bonds. The maximum atomic E-state index is 5.53. The van der Waals surface area contributed by atoms with Gasteiger partial charge in [0.15, 0.2) is 0 Å². The van der Waals surface area contributed by atoms with E-state index in [4.69, 9.17) is 5.73 Å². The smallest absolute Gasteiger partial charge is 0.0955 e. The van der Waals surface area contributed by atoms with Gasteiger partial charge in [0.25, 0.3) is 0 Å². The lowest BCUT2D eigenvalue weighted by atomic mass is 10.5. The molecule has 0 aliphatic heterocycles. The fourth-order valence-corrected chi connectivity index (χ4v) is 2.25. The summed E-state index contributed by atoms with van der Waals surface area (Å²) >= 11 is 8.24. The summed E-state index contributed by atoms with van der Waals surface area (Å²) in [5.41, 5.74) is 5.53. The van der Waals surface area contributed by atoms with Crippen LogP contribution in [0.5, 0.6) is 0 Å². The van der Waals surface area contributed by atoms with E-state index in [1.54, 1.807) is 11.3 Å². The lowest BCUT2D eigenvalue weighted by Crippen LogP contribution is -1.97. The Morgan fingerprint density at radius 2 is 2.33 bits per heavy atom. The van der Waals surface area contributed by atoms with Crippen LogP contribution in [0.2, 0.25) is 0 Å². The second-order valence-electron chi connectivity index (χ2n) is 1.57. The van der Waals surface area contributed by atoms with Crippen LogP contribution in [0.25, 0.3) is 0 Å². The monoisotopic (exact) mass is 269 g/mol. The third-order valence-corrected chi connectivity index (χ3v) is 3.43.